The molecule has 0 heterocycles. The molecule has 2 aromatic rings. The first-order chi connectivity index (χ1) is 12.0. The molecular weight excluding hydrogens is 313 g/mol. The number of hydrogen-bond acceptors (Lipinski definition) is 1. The minimum absolute atomic E-state index is 0. The van der Waals surface area contributed by atoms with Crippen molar-refractivity contribution in [2.45, 2.75) is 33.7 Å². The number of benzene rings is 2. The van der Waals surface area contributed by atoms with Gasteiger partial charge in [0.1, 0.15) is 5.82 Å². The van der Waals surface area contributed by atoms with Gasteiger partial charge in [0.2, 0.25) is 0 Å². The van der Waals surface area contributed by atoms with Crippen molar-refractivity contribution in [3.05, 3.63) is 88.3 Å². The molecule has 1 N–H and O–H groups in total. The monoisotopic (exact) mass is 339 g/mol. The molecule has 0 fully saturated rings. The lowest BCUT2D eigenvalue weighted by atomic mass is 10.0. The van der Waals surface area contributed by atoms with E-state index in [1.165, 1.54) is 0 Å². The van der Waals surface area contributed by atoms with E-state index in [-0.39, 0.29) is 19.7 Å². The van der Waals surface area contributed by atoms with Crippen molar-refractivity contribution in [3.63, 3.8) is 0 Å². The molecule has 1 amide bonds. The van der Waals surface area contributed by atoms with Crippen molar-refractivity contribution in [3.8, 4) is 0 Å². The van der Waals surface area contributed by atoms with E-state index in [4.69, 9.17) is 0 Å². The summed E-state index contributed by atoms with van der Waals surface area (Å²) < 4.78 is 14.3. The highest BCUT2D eigenvalue weighted by Crippen LogP contribution is 2.17. The zero-order valence-electron chi connectivity index (χ0n) is 15.0. The number of allylic oxidation sites excluding steroid dienone is 2. The first-order valence-electron chi connectivity index (χ1n) is 8.42. The van der Waals surface area contributed by atoms with Gasteiger partial charge in [0.25, 0.3) is 5.91 Å². The van der Waals surface area contributed by atoms with Crippen molar-refractivity contribution in [2.75, 3.05) is 0 Å². The Morgan fingerprint density at radius 2 is 2.00 bits per heavy atom. The molecule has 0 atom stereocenters. The van der Waals surface area contributed by atoms with Gasteiger partial charge in [-0.05, 0) is 54.7 Å². The maximum absolute atomic E-state index is 14.3. The molecule has 0 unspecified atom stereocenters. The summed E-state index contributed by atoms with van der Waals surface area (Å²) >= 11 is 0. The Kier molecular flexibility index (Phi) is 6.29. The summed E-state index contributed by atoms with van der Waals surface area (Å²) in [4.78, 5) is 12.4. The van der Waals surface area contributed by atoms with Crippen LogP contribution in [0.3, 0.4) is 0 Å². The van der Waals surface area contributed by atoms with Gasteiger partial charge in [-0.1, -0.05) is 49.9 Å². The minimum atomic E-state index is -0.254. The molecule has 2 rings (SSSR count). The average Bonchev–Trinajstić information content (AvgIpc) is 2.61. The fourth-order valence-electron chi connectivity index (χ4n) is 2.67. The highest BCUT2D eigenvalue weighted by Gasteiger charge is 2.11. The van der Waals surface area contributed by atoms with Crippen molar-refractivity contribution in [1.29, 1.82) is 0 Å². The minimum Gasteiger partial charge on any atom is -0.348 e. The van der Waals surface area contributed by atoms with Crippen LogP contribution in [0.4, 0.5) is 4.39 Å². The molecule has 0 saturated carbocycles. The van der Waals surface area contributed by atoms with E-state index in [1.54, 1.807) is 19.1 Å². The van der Waals surface area contributed by atoms with E-state index in [0.29, 0.717) is 16.7 Å². The van der Waals surface area contributed by atoms with Crippen LogP contribution in [0.5, 0.6) is 0 Å². The second kappa shape index (κ2) is 8.43. The summed E-state index contributed by atoms with van der Waals surface area (Å²) in [5.74, 6) is -0.469. The second-order valence-electron chi connectivity index (χ2n) is 6.09. The third-order valence-electron chi connectivity index (χ3n) is 4.19. The van der Waals surface area contributed by atoms with Crippen LogP contribution in [-0.4, -0.2) is 5.91 Å². The lowest BCUT2D eigenvalue weighted by molar-refractivity contribution is 0.0950. The number of hydrogen-bond donors (Lipinski definition) is 1. The molecule has 0 saturated heterocycles. The van der Waals surface area contributed by atoms with E-state index in [0.717, 1.165) is 23.1 Å². The van der Waals surface area contributed by atoms with Crippen molar-refractivity contribution < 1.29 is 10.6 Å². The van der Waals surface area contributed by atoms with Gasteiger partial charge >= 0.3 is 0 Å². The number of aryl methyl sites for hydroxylation is 3. The Hall–Kier alpha value is -2.68. The SMILES string of the molecule is C=C/C=C\c1cc(C(=O)NCc2cc(CC)cc(C)c2F)ccc1C.[HH]. The number of carbonyl (C=O) groups excluding carboxylic acids is 1. The molecular formula is C22H26FNO. The normalized spacial score (nSPS) is 10.9. The highest BCUT2D eigenvalue weighted by atomic mass is 19.1. The van der Waals surface area contributed by atoms with E-state index in [1.807, 2.05) is 50.3 Å². The van der Waals surface area contributed by atoms with Crippen LogP contribution in [0.15, 0.2) is 49.1 Å². The first kappa shape index (κ1) is 18.7. The topological polar surface area (TPSA) is 29.1 Å². The average molecular weight is 339 g/mol. The quantitative estimate of drug-likeness (QED) is 0.703. The molecule has 0 bridgehead atoms. The van der Waals surface area contributed by atoms with Gasteiger partial charge in [-0.15, -0.1) is 0 Å². The molecule has 2 nitrogen and oxygen atoms in total. The Balaban J connectivity index is 0.00000338. The van der Waals surface area contributed by atoms with Crippen molar-refractivity contribution >= 4 is 12.0 Å². The Labute approximate surface area is 150 Å². The summed E-state index contributed by atoms with van der Waals surface area (Å²) in [6.07, 6.45) is 6.27. The van der Waals surface area contributed by atoms with Crippen LogP contribution in [-0.2, 0) is 13.0 Å². The summed E-state index contributed by atoms with van der Waals surface area (Å²) in [5, 5.41) is 2.81. The lowest BCUT2D eigenvalue weighted by Crippen LogP contribution is -2.23. The molecule has 0 spiro atoms. The number of amides is 1. The molecule has 132 valence electrons. The fraction of sp³-hybridized carbons (Fsp3) is 0.227. The molecule has 0 aliphatic heterocycles. The lowest BCUT2D eigenvalue weighted by Gasteiger charge is -2.11. The fourth-order valence-corrected chi connectivity index (χ4v) is 2.67. The molecule has 0 aliphatic rings. The Morgan fingerprint density at radius 1 is 1.24 bits per heavy atom. The van der Waals surface area contributed by atoms with E-state index < -0.39 is 0 Å². The largest absolute Gasteiger partial charge is 0.348 e. The van der Waals surface area contributed by atoms with E-state index in [2.05, 4.69) is 11.9 Å². The molecule has 0 radical (unpaired) electrons. The van der Waals surface area contributed by atoms with Gasteiger partial charge in [0.05, 0.1) is 0 Å². The molecule has 0 aliphatic carbocycles. The molecule has 2 aromatic carbocycles. The predicted octanol–water partition coefficient (Wildman–Crippen LogP) is 5.38. The summed E-state index contributed by atoms with van der Waals surface area (Å²) in [5.41, 5.74) is 4.78. The number of carbonyl (C=O) groups is 1. The first-order valence-corrected chi connectivity index (χ1v) is 8.42. The summed E-state index contributed by atoms with van der Waals surface area (Å²) in [6, 6.07) is 9.17. The standard InChI is InChI=1S/C22H24FNO.H2/c1-5-7-8-18-13-19(10-9-15(18)3)22(25)24-14-20-12-17(6-2)11-16(4)21(20)23;/h5,7-13H,1,6,14H2,2-4H3,(H,24,25);1H/b8-7-;. The van der Waals surface area contributed by atoms with Crippen LogP contribution in [0.2, 0.25) is 0 Å². The molecule has 25 heavy (non-hydrogen) atoms. The third-order valence-corrected chi connectivity index (χ3v) is 4.19. The number of nitrogens with one attached hydrogen (secondary N) is 1. The Morgan fingerprint density at radius 3 is 2.68 bits per heavy atom. The van der Waals surface area contributed by atoms with Gasteiger partial charge in [0, 0.05) is 19.1 Å². The van der Waals surface area contributed by atoms with E-state index >= 15 is 0 Å². The molecule has 3 heteroatoms. The van der Waals surface area contributed by atoms with Gasteiger partial charge in [-0.25, -0.2) is 4.39 Å². The molecule has 0 aromatic heterocycles. The predicted molar refractivity (Wildman–Crippen MR) is 104 cm³/mol. The van der Waals surface area contributed by atoms with Gasteiger partial charge in [-0.3, -0.25) is 4.79 Å². The zero-order valence-corrected chi connectivity index (χ0v) is 15.0. The maximum Gasteiger partial charge on any atom is 0.251 e. The smallest absolute Gasteiger partial charge is 0.251 e. The summed E-state index contributed by atoms with van der Waals surface area (Å²) in [7, 11) is 0. The second-order valence-corrected chi connectivity index (χ2v) is 6.09. The van der Waals surface area contributed by atoms with Crippen molar-refractivity contribution in [2.24, 2.45) is 0 Å². The van der Waals surface area contributed by atoms with Crippen LogP contribution in [0, 0.1) is 19.7 Å². The highest BCUT2D eigenvalue weighted by molar-refractivity contribution is 5.94. The summed E-state index contributed by atoms with van der Waals surface area (Å²) in [6.45, 7) is 9.59. The van der Waals surface area contributed by atoms with Crippen molar-refractivity contribution in [1.82, 2.24) is 5.32 Å². The van der Waals surface area contributed by atoms with E-state index in [9.17, 15) is 9.18 Å². The van der Waals surface area contributed by atoms with Gasteiger partial charge in [-0.2, -0.15) is 0 Å². The third kappa shape index (κ3) is 4.66. The van der Waals surface area contributed by atoms with Crippen LogP contribution in [0.25, 0.3) is 6.08 Å². The van der Waals surface area contributed by atoms with Crippen LogP contribution in [0.1, 0.15) is 46.5 Å². The van der Waals surface area contributed by atoms with Crippen LogP contribution < -0.4 is 5.32 Å². The van der Waals surface area contributed by atoms with Crippen LogP contribution >= 0.6 is 0 Å². The maximum atomic E-state index is 14.3. The number of halogens is 1. The number of rotatable bonds is 6. The zero-order chi connectivity index (χ0) is 18.4. The van der Waals surface area contributed by atoms with Gasteiger partial charge < -0.3 is 5.32 Å². The van der Waals surface area contributed by atoms with Gasteiger partial charge in [0.15, 0.2) is 0 Å². The Bertz CT molecular complexity index is 827.